The lowest BCUT2D eigenvalue weighted by atomic mass is 9.77. The van der Waals surface area contributed by atoms with E-state index >= 15 is 0 Å². The second-order valence-corrected chi connectivity index (χ2v) is 8.65. The Balaban J connectivity index is 0.00000141. The minimum absolute atomic E-state index is 0.120. The number of hydrogen-bond donors (Lipinski definition) is 0. The molecule has 0 N–H and O–H groups in total. The van der Waals surface area contributed by atoms with Gasteiger partial charge in [0.25, 0.3) is 0 Å². The van der Waals surface area contributed by atoms with Crippen molar-refractivity contribution in [1.82, 2.24) is 9.78 Å². The van der Waals surface area contributed by atoms with Gasteiger partial charge in [-0.3, -0.25) is 0 Å². The summed E-state index contributed by atoms with van der Waals surface area (Å²) in [6, 6.07) is 38.2. The first-order valence-corrected chi connectivity index (χ1v) is 12.4. The first-order chi connectivity index (χ1) is 17.1. The molecule has 4 aromatic carbocycles. The number of ether oxygens (including phenoxy) is 1. The zero-order valence-electron chi connectivity index (χ0n) is 21.3. The number of fused-ring (bicyclic) bond motifs is 1. The van der Waals surface area contributed by atoms with Gasteiger partial charge in [0.05, 0.1) is 17.3 Å². The van der Waals surface area contributed by atoms with E-state index in [1.807, 2.05) is 33.8 Å². The van der Waals surface area contributed by atoms with Gasteiger partial charge in [-0.05, 0) is 55.7 Å². The third-order valence-corrected chi connectivity index (χ3v) is 6.10. The lowest BCUT2D eigenvalue weighted by Gasteiger charge is -2.37. The van der Waals surface area contributed by atoms with Gasteiger partial charge in [0.15, 0.2) is 0 Å². The van der Waals surface area contributed by atoms with Gasteiger partial charge in [-0.2, -0.15) is 5.10 Å². The van der Waals surface area contributed by atoms with Crippen molar-refractivity contribution in [2.24, 2.45) is 0 Å². The summed E-state index contributed by atoms with van der Waals surface area (Å²) in [4.78, 5) is 0. The third kappa shape index (κ3) is 4.46. The molecule has 0 amide bonds. The number of rotatable bonds is 6. The van der Waals surface area contributed by atoms with Crippen molar-refractivity contribution < 1.29 is 4.74 Å². The summed E-state index contributed by atoms with van der Waals surface area (Å²) in [7, 11) is 0. The van der Waals surface area contributed by atoms with Crippen molar-refractivity contribution in [2.75, 3.05) is 0 Å². The number of benzene rings is 4. The molecule has 3 heteroatoms. The highest BCUT2D eigenvalue weighted by Gasteiger charge is 2.40. The Bertz CT molecular complexity index is 1260. The maximum atomic E-state index is 5.99. The van der Waals surface area contributed by atoms with Crippen LogP contribution in [0.4, 0.5) is 0 Å². The van der Waals surface area contributed by atoms with Gasteiger partial charge in [-0.1, -0.05) is 105 Å². The van der Waals surface area contributed by atoms with E-state index in [4.69, 9.17) is 9.84 Å². The van der Waals surface area contributed by atoms with E-state index in [0.29, 0.717) is 0 Å². The average Bonchev–Trinajstić information content (AvgIpc) is 3.23. The summed E-state index contributed by atoms with van der Waals surface area (Å²) in [6.07, 6.45) is 0.120. The molecule has 0 saturated heterocycles. The van der Waals surface area contributed by atoms with Crippen LogP contribution >= 0.6 is 0 Å². The second kappa shape index (κ2) is 10.6. The molecule has 1 aromatic heterocycles. The van der Waals surface area contributed by atoms with Gasteiger partial charge in [-0.15, -0.1) is 0 Å². The van der Waals surface area contributed by atoms with Crippen LogP contribution in [0.5, 0.6) is 5.75 Å². The monoisotopic (exact) mass is 462 g/mol. The standard InChI is InChI=1S/C30H28N2O.C2H6/c1-22(2)33-27-19-20-29-28(21-27)23(3)31-32(29)30(24-13-7-4-8-14-24,25-15-9-5-10-16-25)26-17-11-6-12-18-26;1-2/h4-22H,1-3H3;1-2H3. The van der Waals surface area contributed by atoms with Crippen molar-refractivity contribution in [3.63, 3.8) is 0 Å². The zero-order valence-corrected chi connectivity index (χ0v) is 21.3. The van der Waals surface area contributed by atoms with Gasteiger partial charge >= 0.3 is 0 Å². The molecule has 0 aliphatic rings. The van der Waals surface area contributed by atoms with E-state index in [0.717, 1.165) is 39.0 Å². The van der Waals surface area contributed by atoms with Crippen molar-refractivity contribution >= 4 is 10.9 Å². The van der Waals surface area contributed by atoms with Gasteiger partial charge < -0.3 is 4.74 Å². The second-order valence-electron chi connectivity index (χ2n) is 8.65. The summed E-state index contributed by atoms with van der Waals surface area (Å²) in [5, 5.41) is 6.27. The normalized spacial score (nSPS) is 11.3. The number of hydrogen-bond acceptors (Lipinski definition) is 2. The molecule has 1 heterocycles. The quantitative estimate of drug-likeness (QED) is 0.239. The van der Waals surface area contributed by atoms with E-state index < -0.39 is 5.54 Å². The van der Waals surface area contributed by atoms with Crippen molar-refractivity contribution in [3.05, 3.63) is 132 Å². The SMILES string of the molecule is CC.Cc1nn(C(c2ccccc2)(c2ccccc2)c2ccccc2)c2ccc(OC(C)C)cc12. The van der Waals surface area contributed by atoms with E-state index in [-0.39, 0.29) is 6.10 Å². The molecule has 35 heavy (non-hydrogen) atoms. The Hall–Kier alpha value is -3.85. The van der Waals surface area contributed by atoms with Crippen LogP contribution < -0.4 is 4.74 Å². The van der Waals surface area contributed by atoms with Gasteiger partial charge in [0.2, 0.25) is 0 Å². The fraction of sp³-hybridized carbons (Fsp3) is 0.219. The summed E-state index contributed by atoms with van der Waals surface area (Å²) in [5.41, 5.74) is 4.90. The van der Waals surface area contributed by atoms with E-state index in [1.54, 1.807) is 0 Å². The topological polar surface area (TPSA) is 27.1 Å². The van der Waals surface area contributed by atoms with E-state index in [2.05, 4.69) is 115 Å². The number of aryl methyl sites for hydroxylation is 1. The molecule has 178 valence electrons. The van der Waals surface area contributed by atoms with E-state index in [9.17, 15) is 0 Å². The van der Waals surface area contributed by atoms with Crippen LogP contribution in [0.1, 0.15) is 50.1 Å². The lowest BCUT2D eigenvalue weighted by molar-refractivity contribution is 0.243. The molecular formula is C32H34N2O. The van der Waals surface area contributed by atoms with Crippen LogP contribution in [0.3, 0.4) is 0 Å². The number of nitrogens with zero attached hydrogens (tertiary/aromatic N) is 2. The Morgan fingerprint density at radius 1 is 0.686 bits per heavy atom. The van der Waals surface area contributed by atoms with Crippen molar-refractivity contribution in [2.45, 2.75) is 46.3 Å². The van der Waals surface area contributed by atoms with Crippen LogP contribution in [0, 0.1) is 6.92 Å². The largest absolute Gasteiger partial charge is 0.491 e. The molecule has 3 nitrogen and oxygen atoms in total. The summed E-state index contributed by atoms with van der Waals surface area (Å²) in [6.45, 7) is 10.2. The minimum atomic E-state index is -0.628. The first kappa shape index (κ1) is 24.3. The molecule has 0 radical (unpaired) electrons. The Morgan fingerprint density at radius 2 is 1.14 bits per heavy atom. The molecule has 0 fully saturated rings. The smallest absolute Gasteiger partial charge is 0.138 e. The van der Waals surface area contributed by atoms with Gasteiger partial charge in [0, 0.05) is 5.39 Å². The molecule has 5 aromatic rings. The van der Waals surface area contributed by atoms with Crippen LogP contribution in [0.15, 0.2) is 109 Å². The molecule has 5 rings (SSSR count). The highest BCUT2D eigenvalue weighted by molar-refractivity contribution is 5.84. The van der Waals surface area contributed by atoms with E-state index in [1.165, 1.54) is 0 Å². The maximum absolute atomic E-state index is 5.99. The molecular weight excluding hydrogens is 428 g/mol. The van der Waals surface area contributed by atoms with Crippen molar-refractivity contribution in [1.29, 1.82) is 0 Å². The molecule has 0 saturated carbocycles. The molecule has 0 aliphatic heterocycles. The minimum Gasteiger partial charge on any atom is -0.491 e. The fourth-order valence-electron chi connectivity index (χ4n) is 4.75. The Labute approximate surface area is 209 Å². The molecule has 0 bridgehead atoms. The lowest BCUT2D eigenvalue weighted by Crippen LogP contribution is -2.38. The maximum Gasteiger partial charge on any atom is 0.138 e. The molecule has 0 unspecified atom stereocenters. The molecule has 0 aliphatic carbocycles. The predicted molar refractivity (Wildman–Crippen MR) is 146 cm³/mol. The summed E-state index contributed by atoms with van der Waals surface area (Å²) < 4.78 is 8.18. The average molecular weight is 463 g/mol. The van der Waals surface area contributed by atoms with Crippen LogP contribution in [-0.2, 0) is 5.54 Å². The third-order valence-electron chi connectivity index (χ3n) is 6.10. The predicted octanol–water partition coefficient (Wildman–Crippen LogP) is 8.00. The highest BCUT2D eigenvalue weighted by Crippen LogP contribution is 2.43. The molecule has 0 atom stereocenters. The Kier molecular flexibility index (Phi) is 7.36. The summed E-state index contributed by atoms with van der Waals surface area (Å²) >= 11 is 0. The van der Waals surface area contributed by atoms with Gasteiger partial charge in [0.1, 0.15) is 11.3 Å². The summed E-state index contributed by atoms with van der Waals surface area (Å²) in [5.74, 6) is 0.866. The highest BCUT2D eigenvalue weighted by atomic mass is 16.5. The van der Waals surface area contributed by atoms with Crippen molar-refractivity contribution in [3.8, 4) is 5.75 Å². The number of aromatic nitrogens is 2. The Morgan fingerprint density at radius 3 is 1.57 bits per heavy atom. The van der Waals surface area contributed by atoms with Crippen LogP contribution in [0.25, 0.3) is 10.9 Å². The first-order valence-electron chi connectivity index (χ1n) is 12.4. The zero-order chi connectivity index (χ0) is 24.8. The van der Waals surface area contributed by atoms with Gasteiger partial charge in [-0.25, -0.2) is 4.68 Å². The molecule has 0 spiro atoms. The fourth-order valence-corrected chi connectivity index (χ4v) is 4.75. The van der Waals surface area contributed by atoms with Crippen LogP contribution in [-0.4, -0.2) is 15.9 Å². The van der Waals surface area contributed by atoms with Crippen LogP contribution in [0.2, 0.25) is 0 Å².